The minimum absolute atomic E-state index is 0.575. The molecule has 1 saturated carbocycles. The van der Waals surface area contributed by atoms with Gasteiger partial charge >= 0.3 is 0 Å². The average Bonchev–Trinajstić information content (AvgIpc) is 2.85. The summed E-state index contributed by atoms with van der Waals surface area (Å²) in [6.07, 6.45) is 7.26. The van der Waals surface area contributed by atoms with Gasteiger partial charge in [0, 0.05) is 13.0 Å². The molecule has 17 heavy (non-hydrogen) atoms. The Bertz CT molecular complexity index is 386. The molecule has 0 bridgehead atoms. The second-order valence-electron chi connectivity index (χ2n) is 4.67. The lowest BCUT2D eigenvalue weighted by atomic mass is 10.1. The van der Waals surface area contributed by atoms with Crippen LogP contribution in [0.15, 0.2) is 4.47 Å². The van der Waals surface area contributed by atoms with E-state index in [0.717, 1.165) is 34.7 Å². The normalized spacial score (nSPS) is 16.4. The molecule has 0 aromatic carbocycles. The van der Waals surface area contributed by atoms with Crippen molar-refractivity contribution in [3.63, 3.8) is 0 Å². The summed E-state index contributed by atoms with van der Waals surface area (Å²) in [5.41, 5.74) is 1.15. The van der Waals surface area contributed by atoms with Crippen LogP contribution in [-0.4, -0.2) is 17.0 Å². The molecule has 2 rings (SSSR count). The van der Waals surface area contributed by atoms with Gasteiger partial charge in [0.05, 0.1) is 10.2 Å². The summed E-state index contributed by atoms with van der Waals surface area (Å²) in [7, 11) is 1.92. The number of aryl methyl sites for hydroxylation is 1. The first kappa shape index (κ1) is 12.8. The van der Waals surface area contributed by atoms with E-state index in [0.29, 0.717) is 5.92 Å². The van der Waals surface area contributed by atoms with Crippen LogP contribution >= 0.6 is 15.9 Å². The fourth-order valence-corrected chi connectivity index (χ4v) is 3.02. The fourth-order valence-electron chi connectivity index (χ4n) is 2.45. The number of nitrogens with zero attached hydrogens (tertiary/aromatic N) is 2. The summed E-state index contributed by atoms with van der Waals surface area (Å²) < 4.78 is 1.03. The van der Waals surface area contributed by atoms with Gasteiger partial charge in [0.1, 0.15) is 11.6 Å². The Morgan fingerprint density at radius 1 is 1.29 bits per heavy atom. The van der Waals surface area contributed by atoms with Gasteiger partial charge in [-0.2, -0.15) is 0 Å². The van der Waals surface area contributed by atoms with Gasteiger partial charge < -0.3 is 5.32 Å². The van der Waals surface area contributed by atoms with Crippen LogP contribution in [0.3, 0.4) is 0 Å². The van der Waals surface area contributed by atoms with E-state index in [-0.39, 0.29) is 0 Å². The van der Waals surface area contributed by atoms with E-state index in [4.69, 9.17) is 4.98 Å². The molecule has 1 aliphatic carbocycles. The molecule has 0 atom stereocenters. The van der Waals surface area contributed by atoms with Crippen molar-refractivity contribution < 1.29 is 0 Å². The maximum Gasteiger partial charge on any atom is 0.144 e. The largest absolute Gasteiger partial charge is 0.372 e. The zero-order chi connectivity index (χ0) is 12.3. The van der Waals surface area contributed by atoms with E-state index >= 15 is 0 Å². The van der Waals surface area contributed by atoms with Crippen molar-refractivity contribution in [1.29, 1.82) is 0 Å². The summed E-state index contributed by atoms with van der Waals surface area (Å²) in [6.45, 7) is 2.18. The number of anilines is 1. The first-order valence-corrected chi connectivity index (χ1v) is 7.29. The Labute approximate surface area is 112 Å². The third kappa shape index (κ3) is 2.79. The van der Waals surface area contributed by atoms with Gasteiger partial charge in [-0.15, -0.1) is 0 Å². The molecule has 1 fully saturated rings. The Balaban J connectivity index is 2.35. The van der Waals surface area contributed by atoms with Gasteiger partial charge in [0.25, 0.3) is 0 Å². The number of hydrogen-bond acceptors (Lipinski definition) is 3. The van der Waals surface area contributed by atoms with Crippen LogP contribution in [0.25, 0.3) is 0 Å². The Hall–Kier alpha value is -0.640. The van der Waals surface area contributed by atoms with E-state index in [1.807, 2.05) is 7.05 Å². The predicted molar refractivity (Wildman–Crippen MR) is 74.5 cm³/mol. The molecule has 1 N–H and O–H groups in total. The maximum atomic E-state index is 4.75. The lowest BCUT2D eigenvalue weighted by molar-refractivity contribution is 0.658. The molecular weight excluding hydrogens is 278 g/mol. The molecule has 1 aromatic heterocycles. The van der Waals surface area contributed by atoms with Crippen molar-refractivity contribution in [1.82, 2.24) is 9.97 Å². The minimum Gasteiger partial charge on any atom is -0.372 e. The Morgan fingerprint density at radius 2 is 2.00 bits per heavy atom. The smallest absolute Gasteiger partial charge is 0.144 e. The molecule has 0 radical (unpaired) electrons. The third-order valence-electron chi connectivity index (χ3n) is 3.38. The molecule has 1 aliphatic rings. The molecular formula is C13H20BrN3. The standard InChI is InChI=1S/C13H20BrN3/c1-3-6-10-11(14)13(15-2)17-12(16-10)9-7-4-5-8-9/h9H,3-8H2,1-2H3,(H,15,16,17). The van der Waals surface area contributed by atoms with Crippen molar-refractivity contribution in [3.8, 4) is 0 Å². The summed E-state index contributed by atoms with van der Waals surface area (Å²) in [6, 6.07) is 0. The number of halogens is 1. The second-order valence-corrected chi connectivity index (χ2v) is 5.47. The number of hydrogen-bond donors (Lipinski definition) is 1. The zero-order valence-corrected chi connectivity index (χ0v) is 12.2. The van der Waals surface area contributed by atoms with Crippen molar-refractivity contribution in [2.24, 2.45) is 0 Å². The molecule has 3 nitrogen and oxygen atoms in total. The van der Waals surface area contributed by atoms with Crippen molar-refractivity contribution in [2.45, 2.75) is 51.4 Å². The van der Waals surface area contributed by atoms with Gasteiger partial charge in [0.15, 0.2) is 0 Å². The molecule has 0 unspecified atom stereocenters. The highest BCUT2D eigenvalue weighted by atomic mass is 79.9. The predicted octanol–water partition coefficient (Wildman–Crippen LogP) is 3.89. The van der Waals surface area contributed by atoms with Crippen molar-refractivity contribution in [3.05, 3.63) is 16.0 Å². The summed E-state index contributed by atoms with van der Waals surface area (Å²) in [4.78, 5) is 9.40. The first-order valence-electron chi connectivity index (χ1n) is 6.50. The maximum absolute atomic E-state index is 4.75. The zero-order valence-electron chi connectivity index (χ0n) is 10.6. The highest BCUT2D eigenvalue weighted by Crippen LogP contribution is 2.34. The monoisotopic (exact) mass is 297 g/mol. The molecule has 1 heterocycles. The van der Waals surface area contributed by atoms with E-state index in [9.17, 15) is 0 Å². The summed E-state index contributed by atoms with van der Waals surface area (Å²) in [5.74, 6) is 2.55. The molecule has 1 aromatic rings. The highest BCUT2D eigenvalue weighted by Gasteiger charge is 2.22. The van der Waals surface area contributed by atoms with Gasteiger partial charge in [-0.1, -0.05) is 26.2 Å². The highest BCUT2D eigenvalue weighted by molar-refractivity contribution is 9.10. The molecule has 0 saturated heterocycles. The first-order chi connectivity index (χ1) is 8.26. The van der Waals surface area contributed by atoms with Crippen LogP contribution < -0.4 is 5.32 Å². The van der Waals surface area contributed by atoms with E-state index in [1.54, 1.807) is 0 Å². The van der Waals surface area contributed by atoms with E-state index in [2.05, 4.69) is 33.2 Å². The lowest BCUT2D eigenvalue weighted by Crippen LogP contribution is -2.08. The van der Waals surface area contributed by atoms with Crippen LogP contribution in [0.1, 0.15) is 56.5 Å². The van der Waals surface area contributed by atoms with Gasteiger partial charge in [-0.25, -0.2) is 9.97 Å². The molecule has 94 valence electrons. The average molecular weight is 298 g/mol. The van der Waals surface area contributed by atoms with E-state index < -0.39 is 0 Å². The Morgan fingerprint density at radius 3 is 2.59 bits per heavy atom. The van der Waals surface area contributed by atoms with Gasteiger partial charge in [-0.3, -0.25) is 0 Å². The fraction of sp³-hybridized carbons (Fsp3) is 0.692. The number of rotatable bonds is 4. The summed E-state index contributed by atoms with van der Waals surface area (Å²) in [5, 5.41) is 3.16. The minimum atomic E-state index is 0.575. The SMILES string of the molecule is CCCc1nc(C2CCCC2)nc(NC)c1Br. The summed E-state index contributed by atoms with van der Waals surface area (Å²) >= 11 is 3.60. The second kappa shape index (κ2) is 5.80. The van der Waals surface area contributed by atoms with Gasteiger partial charge in [-0.05, 0) is 35.2 Å². The van der Waals surface area contributed by atoms with E-state index in [1.165, 1.54) is 25.7 Å². The topological polar surface area (TPSA) is 37.8 Å². The molecule has 0 spiro atoms. The quantitative estimate of drug-likeness (QED) is 0.916. The molecule has 4 heteroatoms. The van der Waals surface area contributed by atoms with Gasteiger partial charge in [0.2, 0.25) is 0 Å². The molecule has 0 amide bonds. The van der Waals surface area contributed by atoms with Crippen molar-refractivity contribution in [2.75, 3.05) is 12.4 Å². The molecule has 0 aliphatic heterocycles. The van der Waals surface area contributed by atoms with Crippen LogP contribution in [0.5, 0.6) is 0 Å². The van der Waals surface area contributed by atoms with Crippen LogP contribution in [0, 0.1) is 0 Å². The van der Waals surface area contributed by atoms with Crippen LogP contribution in [0.4, 0.5) is 5.82 Å². The van der Waals surface area contributed by atoms with Crippen LogP contribution in [-0.2, 0) is 6.42 Å². The van der Waals surface area contributed by atoms with Crippen molar-refractivity contribution >= 4 is 21.7 Å². The number of aromatic nitrogens is 2. The van der Waals surface area contributed by atoms with Crippen LogP contribution in [0.2, 0.25) is 0 Å². The number of nitrogens with one attached hydrogen (secondary N) is 1. The Kier molecular flexibility index (Phi) is 4.37. The third-order valence-corrected chi connectivity index (χ3v) is 4.21. The lowest BCUT2D eigenvalue weighted by Gasteiger charge is -2.14.